The van der Waals surface area contributed by atoms with Crippen molar-refractivity contribution in [3.05, 3.63) is 56.0 Å². The van der Waals surface area contributed by atoms with E-state index in [0.29, 0.717) is 32.6 Å². The van der Waals surface area contributed by atoms with Crippen LogP contribution in [0.4, 0.5) is 0 Å². The van der Waals surface area contributed by atoms with E-state index in [2.05, 4.69) is 9.97 Å². The molecular formula is C12H8Cl4N2O2. The molecule has 0 aliphatic heterocycles. The summed E-state index contributed by atoms with van der Waals surface area (Å²) in [6.45, 7) is -0.108. The molecule has 0 saturated heterocycles. The van der Waals surface area contributed by atoms with E-state index in [1.807, 2.05) is 0 Å². The summed E-state index contributed by atoms with van der Waals surface area (Å²) in [5.41, 5.74) is 0.942. The summed E-state index contributed by atoms with van der Waals surface area (Å²) in [5, 5.41) is 10.0. The van der Waals surface area contributed by atoms with Crippen LogP contribution in [0.2, 0.25) is 20.4 Å². The van der Waals surface area contributed by atoms with Gasteiger partial charge in [0, 0.05) is 18.0 Å². The quantitative estimate of drug-likeness (QED) is 0.652. The highest BCUT2D eigenvalue weighted by Crippen LogP contribution is 2.18. The monoisotopic (exact) mass is 352 g/mol. The van der Waals surface area contributed by atoms with Gasteiger partial charge in [-0.1, -0.05) is 46.4 Å². The molecule has 0 aliphatic rings. The smallest absolute Gasteiger partial charge is 0.153 e. The molecule has 2 rings (SSSR count). The molecule has 0 aliphatic carbocycles. The van der Waals surface area contributed by atoms with Crippen LogP contribution in [-0.2, 0) is 6.61 Å². The third-order valence-corrected chi connectivity index (χ3v) is 3.13. The first kappa shape index (κ1) is 17.1. The van der Waals surface area contributed by atoms with E-state index in [1.165, 1.54) is 24.5 Å². The second-order valence-corrected chi connectivity index (χ2v) is 4.99. The largest absolute Gasteiger partial charge is 0.392 e. The minimum atomic E-state index is -0.108. The number of hydrogen-bond acceptors (Lipinski definition) is 4. The Hall–Kier alpha value is -0.910. The molecule has 0 amide bonds. The Kier molecular flexibility index (Phi) is 7.19. The highest BCUT2D eigenvalue weighted by molar-refractivity contribution is 6.35. The van der Waals surface area contributed by atoms with Gasteiger partial charge in [0.05, 0.1) is 22.2 Å². The lowest BCUT2D eigenvalue weighted by atomic mass is 10.3. The van der Waals surface area contributed by atoms with E-state index in [1.54, 1.807) is 0 Å². The molecule has 0 saturated carbocycles. The maximum absolute atomic E-state index is 10.2. The molecule has 0 spiro atoms. The molecule has 0 radical (unpaired) electrons. The average molecular weight is 354 g/mol. The Balaban J connectivity index is 0.000000200. The van der Waals surface area contributed by atoms with Crippen LogP contribution in [0.3, 0.4) is 0 Å². The van der Waals surface area contributed by atoms with Crippen molar-refractivity contribution < 1.29 is 9.90 Å². The third-order valence-electron chi connectivity index (χ3n) is 2.04. The van der Waals surface area contributed by atoms with Crippen LogP contribution < -0.4 is 0 Å². The second kappa shape index (κ2) is 8.39. The van der Waals surface area contributed by atoms with Gasteiger partial charge < -0.3 is 5.11 Å². The Labute approximate surface area is 135 Å². The van der Waals surface area contributed by atoms with Crippen LogP contribution >= 0.6 is 46.4 Å². The first-order chi connectivity index (χ1) is 9.47. The number of pyridine rings is 2. The lowest BCUT2D eigenvalue weighted by molar-refractivity contribution is 0.112. The van der Waals surface area contributed by atoms with Gasteiger partial charge in [0.1, 0.15) is 10.3 Å². The van der Waals surface area contributed by atoms with Gasteiger partial charge in [-0.2, -0.15) is 0 Å². The maximum Gasteiger partial charge on any atom is 0.153 e. The van der Waals surface area contributed by atoms with Crippen LogP contribution in [0.25, 0.3) is 0 Å². The summed E-state index contributed by atoms with van der Waals surface area (Å²) in [4.78, 5) is 17.6. The number of nitrogens with zero attached hydrogens (tertiary/aromatic N) is 2. The number of aliphatic hydroxyl groups is 1. The summed E-state index contributed by atoms with van der Waals surface area (Å²) in [6, 6.07) is 2.92. The number of carbonyl (C=O) groups is 1. The van der Waals surface area contributed by atoms with E-state index < -0.39 is 0 Å². The fourth-order valence-electron chi connectivity index (χ4n) is 1.06. The van der Waals surface area contributed by atoms with E-state index in [-0.39, 0.29) is 11.8 Å². The SMILES string of the molecule is O=Cc1cnc(Cl)cc1Cl.OCc1cnc(Cl)cc1Cl. The standard InChI is InChI=1S/C6H5Cl2NO.C6H3Cl2NO/c2*7-5-1-6(8)9-2-4(5)3-10/h1-2,10H,3H2;1-3H. The van der Waals surface area contributed by atoms with Crippen molar-refractivity contribution in [3.8, 4) is 0 Å². The molecule has 106 valence electrons. The Morgan fingerprint density at radius 1 is 1.00 bits per heavy atom. The highest BCUT2D eigenvalue weighted by Gasteiger charge is 1.99. The van der Waals surface area contributed by atoms with Gasteiger partial charge in [-0.05, 0) is 12.1 Å². The number of rotatable bonds is 2. The Morgan fingerprint density at radius 3 is 2.00 bits per heavy atom. The van der Waals surface area contributed by atoms with Crippen molar-refractivity contribution in [1.82, 2.24) is 9.97 Å². The molecule has 0 aromatic carbocycles. The van der Waals surface area contributed by atoms with Crippen molar-refractivity contribution in [2.75, 3.05) is 0 Å². The van der Waals surface area contributed by atoms with Crippen molar-refractivity contribution in [1.29, 1.82) is 0 Å². The Morgan fingerprint density at radius 2 is 1.55 bits per heavy atom. The van der Waals surface area contributed by atoms with Gasteiger partial charge in [0.25, 0.3) is 0 Å². The minimum absolute atomic E-state index is 0.108. The van der Waals surface area contributed by atoms with Crippen LogP contribution in [-0.4, -0.2) is 21.4 Å². The minimum Gasteiger partial charge on any atom is -0.392 e. The van der Waals surface area contributed by atoms with Gasteiger partial charge in [-0.15, -0.1) is 0 Å². The number of hydrogen-bond donors (Lipinski definition) is 1. The predicted molar refractivity (Wildman–Crippen MR) is 79.8 cm³/mol. The van der Waals surface area contributed by atoms with Crippen molar-refractivity contribution in [2.24, 2.45) is 0 Å². The number of aliphatic hydroxyl groups excluding tert-OH is 1. The third kappa shape index (κ3) is 5.23. The first-order valence-corrected chi connectivity index (χ1v) is 6.66. The van der Waals surface area contributed by atoms with Crippen molar-refractivity contribution in [3.63, 3.8) is 0 Å². The summed E-state index contributed by atoms with van der Waals surface area (Å²) in [5.74, 6) is 0. The van der Waals surface area contributed by atoms with Gasteiger partial charge in [-0.3, -0.25) is 4.79 Å². The molecule has 0 bridgehead atoms. The van der Waals surface area contributed by atoms with Crippen LogP contribution in [0, 0.1) is 0 Å². The highest BCUT2D eigenvalue weighted by atomic mass is 35.5. The lowest BCUT2D eigenvalue weighted by Crippen LogP contribution is -1.86. The topological polar surface area (TPSA) is 63.1 Å². The predicted octanol–water partition coefficient (Wildman–Crippen LogP) is 4.08. The fourth-order valence-corrected chi connectivity index (χ4v) is 1.89. The summed E-state index contributed by atoms with van der Waals surface area (Å²) < 4.78 is 0. The maximum atomic E-state index is 10.2. The van der Waals surface area contributed by atoms with Crippen molar-refractivity contribution >= 4 is 52.7 Å². The molecule has 0 fully saturated rings. The summed E-state index contributed by atoms with van der Waals surface area (Å²) in [6.07, 6.45) is 3.41. The van der Waals surface area contributed by atoms with E-state index in [9.17, 15) is 4.79 Å². The molecule has 20 heavy (non-hydrogen) atoms. The van der Waals surface area contributed by atoms with Crippen LogP contribution in [0.1, 0.15) is 15.9 Å². The zero-order chi connectivity index (χ0) is 15.1. The molecule has 8 heteroatoms. The normalized spacial score (nSPS) is 9.65. The van der Waals surface area contributed by atoms with Gasteiger partial charge in [-0.25, -0.2) is 9.97 Å². The molecule has 1 N–H and O–H groups in total. The van der Waals surface area contributed by atoms with E-state index in [4.69, 9.17) is 51.5 Å². The lowest BCUT2D eigenvalue weighted by Gasteiger charge is -1.97. The zero-order valence-corrected chi connectivity index (χ0v) is 12.9. The number of carbonyl (C=O) groups excluding carboxylic acids is 1. The molecule has 4 nitrogen and oxygen atoms in total. The van der Waals surface area contributed by atoms with Crippen molar-refractivity contribution in [2.45, 2.75) is 6.61 Å². The van der Waals surface area contributed by atoms with Gasteiger partial charge >= 0.3 is 0 Å². The fraction of sp³-hybridized carbons (Fsp3) is 0.0833. The molecule has 2 aromatic heterocycles. The Bertz CT molecular complexity index is 608. The van der Waals surface area contributed by atoms with Gasteiger partial charge in [0.2, 0.25) is 0 Å². The zero-order valence-electron chi connectivity index (χ0n) is 9.86. The summed E-state index contributed by atoms with van der Waals surface area (Å²) >= 11 is 22.2. The van der Waals surface area contributed by atoms with Gasteiger partial charge in [0.15, 0.2) is 6.29 Å². The molecule has 2 aromatic rings. The molecule has 0 atom stereocenters. The molecular weight excluding hydrogens is 346 g/mol. The number of aldehydes is 1. The van der Waals surface area contributed by atoms with Crippen LogP contribution in [0.15, 0.2) is 24.5 Å². The first-order valence-electron chi connectivity index (χ1n) is 5.15. The number of halogens is 4. The summed E-state index contributed by atoms with van der Waals surface area (Å²) in [7, 11) is 0. The number of aromatic nitrogens is 2. The van der Waals surface area contributed by atoms with E-state index >= 15 is 0 Å². The average Bonchev–Trinajstić information content (AvgIpc) is 2.40. The van der Waals surface area contributed by atoms with Crippen LogP contribution in [0.5, 0.6) is 0 Å². The second-order valence-electron chi connectivity index (χ2n) is 3.40. The van der Waals surface area contributed by atoms with E-state index in [0.717, 1.165) is 0 Å². The molecule has 2 heterocycles. The molecule has 0 unspecified atom stereocenters.